The maximum absolute atomic E-state index is 11.3. The number of aliphatic hydroxyl groups is 1. The zero-order valence-corrected chi connectivity index (χ0v) is 15.4. The van der Waals surface area contributed by atoms with Crippen molar-refractivity contribution in [2.24, 2.45) is 0 Å². The molecule has 4 heteroatoms. The third-order valence-corrected chi connectivity index (χ3v) is 6.26. The van der Waals surface area contributed by atoms with Crippen molar-refractivity contribution in [2.45, 2.75) is 31.4 Å². The monoisotopic (exact) mass is 357 g/mol. The highest BCUT2D eigenvalue weighted by atomic mass is 32.1. The Labute approximate surface area is 151 Å². The van der Waals surface area contributed by atoms with Gasteiger partial charge in [0.15, 0.2) is 0 Å². The lowest BCUT2D eigenvalue weighted by Crippen LogP contribution is -2.35. The molecular weight excluding hydrogens is 334 g/mol. The van der Waals surface area contributed by atoms with Crippen LogP contribution in [0.3, 0.4) is 0 Å². The van der Waals surface area contributed by atoms with Gasteiger partial charge in [0.25, 0.3) is 0 Å². The predicted molar refractivity (Wildman–Crippen MR) is 104 cm³/mol. The van der Waals surface area contributed by atoms with Crippen molar-refractivity contribution in [2.75, 3.05) is 6.54 Å². The van der Waals surface area contributed by atoms with Crippen LogP contribution >= 0.6 is 22.7 Å². The molecule has 2 nitrogen and oxygen atoms in total. The van der Waals surface area contributed by atoms with Gasteiger partial charge in [-0.3, -0.25) is 0 Å². The molecule has 0 radical (unpaired) electrons. The van der Waals surface area contributed by atoms with E-state index in [0.717, 1.165) is 22.7 Å². The van der Waals surface area contributed by atoms with Crippen LogP contribution in [-0.2, 0) is 12.0 Å². The smallest absolute Gasteiger partial charge is 0.134 e. The highest BCUT2D eigenvalue weighted by molar-refractivity contribution is 7.11. The molecule has 0 amide bonds. The van der Waals surface area contributed by atoms with Crippen LogP contribution in [0.25, 0.3) is 0 Å². The Balaban J connectivity index is 1.61. The zero-order chi connectivity index (χ0) is 16.8. The normalized spacial score (nSPS) is 13.1. The van der Waals surface area contributed by atoms with Crippen LogP contribution < -0.4 is 5.32 Å². The molecule has 0 fully saturated rings. The lowest BCUT2D eigenvalue weighted by Gasteiger charge is -2.27. The van der Waals surface area contributed by atoms with Crippen molar-refractivity contribution in [3.05, 3.63) is 80.7 Å². The molecule has 24 heavy (non-hydrogen) atoms. The average molecular weight is 358 g/mol. The molecule has 2 heterocycles. The van der Waals surface area contributed by atoms with Gasteiger partial charge >= 0.3 is 0 Å². The Bertz CT molecular complexity index is 673. The molecule has 0 aliphatic carbocycles. The number of rotatable bonds is 8. The molecule has 3 aromatic rings. The third kappa shape index (κ3) is 4.14. The van der Waals surface area contributed by atoms with Gasteiger partial charge in [0, 0.05) is 15.8 Å². The van der Waals surface area contributed by atoms with Crippen LogP contribution in [0, 0.1) is 0 Å². The summed E-state index contributed by atoms with van der Waals surface area (Å²) in [7, 11) is 0. The Kier molecular flexibility index (Phi) is 5.85. The first-order chi connectivity index (χ1) is 11.7. The summed E-state index contributed by atoms with van der Waals surface area (Å²) in [4.78, 5) is 2.03. The highest BCUT2D eigenvalue weighted by Gasteiger charge is 2.33. The minimum Gasteiger partial charge on any atom is -0.379 e. The summed E-state index contributed by atoms with van der Waals surface area (Å²) in [6, 6.07) is 19.0. The highest BCUT2D eigenvalue weighted by Crippen LogP contribution is 2.37. The number of nitrogens with one attached hydrogen (secondary N) is 1. The first-order valence-electron chi connectivity index (χ1n) is 8.26. The number of thiophene rings is 2. The summed E-state index contributed by atoms with van der Waals surface area (Å²) in [5.74, 6) is 0. The van der Waals surface area contributed by atoms with Crippen molar-refractivity contribution in [1.82, 2.24) is 5.32 Å². The Morgan fingerprint density at radius 1 is 0.958 bits per heavy atom. The predicted octanol–water partition coefficient (Wildman–Crippen LogP) is 4.66. The molecule has 1 aromatic carbocycles. The standard InChI is InChI=1S/C20H23NOS2/c1-16(15-17-7-3-2-4-8-17)21-12-11-20(22,18-9-5-13-23-18)19-10-6-14-24-19/h2-10,13-14,16,21-22H,11-12,15H2,1H3. The van der Waals surface area contributed by atoms with Crippen LogP contribution in [0.2, 0.25) is 0 Å². The van der Waals surface area contributed by atoms with Crippen molar-refractivity contribution in [3.8, 4) is 0 Å². The fourth-order valence-corrected chi connectivity index (χ4v) is 4.74. The Hall–Kier alpha value is -1.46. The summed E-state index contributed by atoms with van der Waals surface area (Å²) in [5.41, 5.74) is 0.450. The summed E-state index contributed by atoms with van der Waals surface area (Å²) < 4.78 is 0. The lowest BCUT2D eigenvalue weighted by atomic mass is 9.95. The minimum atomic E-state index is -0.887. The van der Waals surface area contributed by atoms with E-state index < -0.39 is 5.60 Å². The Morgan fingerprint density at radius 2 is 1.58 bits per heavy atom. The van der Waals surface area contributed by atoms with Crippen LogP contribution in [0.15, 0.2) is 65.4 Å². The largest absolute Gasteiger partial charge is 0.379 e. The van der Waals surface area contributed by atoms with Gasteiger partial charge in [-0.2, -0.15) is 0 Å². The van der Waals surface area contributed by atoms with E-state index in [2.05, 4.69) is 36.5 Å². The van der Waals surface area contributed by atoms with Crippen molar-refractivity contribution in [1.29, 1.82) is 0 Å². The van der Waals surface area contributed by atoms with Crippen LogP contribution in [0.1, 0.15) is 28.7 Å². The molecule has 0 aliphatic heterocycles. The van der Waals surface area contributed by atoms with Crippen molar-refractivity contribution >= 4 is 22.7 Å². The van der Waals surface area contributed by atoms with Gasteiger partial charge in [0.2, 0.25) is 0 Å². The van der Waals surface area contributed by atoms with Crippen molar-refractivity contribution < 1.29 is 5.11 Å². The molecule has 3 rings (SSSR count). The van der Waals surface area contributed by atoms with E-state index in [0.29, 0.717) is 12.5 Å². The first kappa shape index (κ1) is 17.4. The summed E-state index contributed by atoms with van der Waals surface area (Å²) in [6.07, 6.45) is 1.67. The quantitative estimate of drug-likeness (QED) is 0.615. The van der Waals surface area contributed by atoms with Crippen LogP contribution in [0.4, 0.5) is 0 Å². The van der Waals surface area contributed by atoms with Crippen molar-refractivity contribution in [3.63, 3.8) is 0 Å². The molecule has 2 N–H and O–H groups in total. The van der Waals surface area contributed by atoms with Gasteiger partial charge in [-0.15, -0.1) is 22.7 Å². The summed E-state index contributed by atoms with van der Waals surface area (Å²) in [5, 5.41) is 18.9. The first-order valence-corrected chi connectivity index (χ1v) is 10.0. The zero-order valence-electron chi connectivity index (χ0n) is 13.8. The molecule has 1 unspecified atom stereocenters. The van der Waals surface area contributed by atoms with E-state index in [9.17, 15) is 5.11 Å². The molecule has 0 aliphatic rings. The van der Waals surface area contributed by atoms with E-state index in [4.69, 9.17) is 0 Å². The molecule has 1 atom stereocenters. The molecule has 0 saturated carbocycles. The van der Waals surface area contributed by atoms with Gasteiger partial charge < -0.3 is 10.4 Å². The Morgan fingerprint density at radius 3 is 2.12 bits per heavy atom. The third-order valence-electron chi connectivity index (χ3n) is 4.22. The molecule has 0 bridgehead atoms. The number of hydrogen-bond donors (Lipinski definition) is 2. The molecular formula is C20H23NOS2. The SMILES string of the molecule is CC(Cc1ccccc1)NCCC(O)(c1cccs1)c1cccs1. The fourth-order valence-electron chi connectivity index (χ4n) is 2.93. The second kappa shape index (κ2) is 8.08. The van der Waals surface area contributed by atoms with Gasteiger partial charge in [-0.1, -0.05) is 42.5 Å². The van der Waals surface area contributed by atoms with E-state index in [1.165, 1.54) is 5.56 Å². The van der Waals surface area contributed by atoms with E-state index in [1.54, 1.807) is 22.7 Å². The van der Waals surface area contributed by atoms with Gasteiger partial charge in [-0.25, -0.2) is 0 Å². The topological polar surface area (TPSA) is 32.3 Å². The fraction of sp³-hybridized carbons (Fsp3) is 0.300. The average Bonchev–Trinajstić information content (AvgIpc) is 3.30. The number of hydrogen-bond acceptors (Lipinski definition) is 4. The molecule has 126 valence electrons. The number of benzene rings is 1. The molecule has 2 aromatic heterocycles. The maximum Gasteiger partial charge on any atom is 0.134 e. The van der Waals surface area contributed by atoms with Gasteiger partial charge in [-0.05, 0) is 54.8 Å². The minimum absolute atomic E-state index is 0.378. The van der Waals surface area contributed by atoms with Crippen LogP contribution in [-0.4, -0.2) is 17.7 Å². The van der Waals surface area contributed by atoms with E-state index in [-0.39, 0.29) is 0 Å². The summed E-state index contributed by atoms with van der Waals surface area (Å²) in [6.45, 7) is 2.97. The lowest BCUT2D eigenvalue weighted by molar-refractivity contribution is 0.0780. The van der Waals surface area contributed by atoms with Crippen LogP contribution in [0.5, 0.6) is 0 Å². The maximum atomic E-state index is 11.3. The van der Waals surface area contributed by atoms with E-state index >= 15 is 0 Å². The molecule has 0 saturated heterocycles. The second-order valence-electron chi connectivity index (χ2n) is 6.11. The van der Waals surface area contributed by atoms with Gasteiger partial charge in [0.1, 0.15) is 5.60 Å². The van der Waals surface area contributed by atoms with Gasteiger partial charge in [0.05, 0.1) is 0 Å². The second-order valence-corrected chi connectivity index (χ2v) is 8.01. The molecule has 0 spiro atoms. The summed E-state index contributed by atoms with van der Waals surface area (Å²) >= 11 is 3.24. The van der Waals surface area contributed by atoms with E-state index in [1.807, 2.05) is 41.1 Å².